The van der Waals surface area contributed by atoms with Crippen LogP contribution >= 0.6 is 23.2 Å². The van der Waals surface area contributed by atoms with Gasteiger partial charge in [0.1, 0.15) is 5.02 Å². The molecule has 0 aliphatic heterocycles. The first-order valence-electron chi connectivity index (χ1n) is 5.09. The van der Waals surface area contributed by atoms with Crippen LogP contribution in [0.25, 0.3) is 0 Å². The van der Waals surface area contributed by atoms with Gasteiger partial charge in [-0.1, -0.05) is 36.0 Å². The van der Waals surface area contributed by atoms with Gasteiger partial charge in [0.05, 0.1) is 6.33 Å². The van der Waals surface area contributed by atoms with Crippen LogP contribution in [0.4, 0.5) is 0 Å². The van der Waals surface area contributed by atoms with E-state index in [4.69, 9.17) is 23.2 Å². The molecule has 3 nitrogen and oxygen atoms in total. The van der Waals surface area contributed by atoms with Gasteiger partial charge in [-0.3, -0.25) is 9.36 Å². The molecule has 1 heterocycles. The third-order valence-corrected chi connectivity index (χ3v) is 3.59. The van der Waals surface area contributed by atoms with E-state index in [9.17, 15) is 4.79 Å². The SMILES string of the molecule is O=c1c(Cl)c(Cl)ncn1CC1CCCC1. The first-order chi connectivity index (χ1) is 7.18. The summed E-state index contributed by atoms with van der Waals surface area (Å²) in [6, 6.07) is 0. The van der Waals surface area contributed by atoms with E-state index in [1.54, 1.807) is 4.57 Å². The van der Waals surface area contributed by atoms with Crippen LogP contribution in [0, 0.1) is 5.92 Å². The van der Waals surface area contributed by atoms with Crippen molar-refractivity contribution in [2.24, 2.45) is 5.92 Å². The van der Waals surface area contributed by atoms with Crippen molar-refractivity contribution in [2.75, 3.05) is 0 Å². The van der Waals surface area contributed by atoms with E-state index in [2.05, 4.69) is 4.98 Å². The molecule has 1 aliphatic carbocycles. The van der Waals surface area contributed by atoms with Crippen LogP contribution in [0.3, 0.4) is 0 Å². The molecule has 1 aromatic heterocycles. The van der Waals surface area contributed by atoms with Crippen molar-refractivity contribution in [3.63, 3.8) is 0 Å². The summed E-state index contributed by atoms with van der Waals surface area (Å²) in [5.41, 5.74) is -0.233. The lowest BCUT2D eigenvalue weighted by atomic mass is 10.1. The van der Waals surface area contributed by atoms with Gasteiger partial charge in [-0.15, -0.1) is 0 Å². The van der Waals surface area contributed by atoms with Gasteiger partial charge in [0.2, 0.25) is 0 Å². The fourth-order valence-corrected chi connectivity index (χ4v) is 2.33. The van der Waals surface area contributed by atoms with Gasteiger partial charge in [0, 0.05) is 6.54 Å². The standard InChI is InChI=1S/C10H12Cl2N2O/c11-8-9(12)13-6-14(10(8)15)5-7-3-1-2-4-7/h6-7H,1-5H2. The Hall–Kier alpha value is -0.540. The van der Waals surface area contributed by atoms with Crippen LogP contribution in [0.15, 0.2) is 11.1 Å². The highest BCUT2D eigenvalue weighted by atomic mass is 35.5. The number of nitrogens with zero attached hydrogens (tertiary/aromatic N) is 2. The Balaban J connectivity index is 2.21. The summed E-state index contributed by atoms with van der Waals surface area (Å²) >= 11 is 11.4. The molecular formula is C10H12Cl2N2O. The fraction of sp³-hybridized carbons (Fsp3) is 0.600. The zero-order valence-electron chi connectivity index (χ0n) is 8.25. The number of hydrogen-bond donors (Lipinski definition) is 0. The zero-order valence-corrected chi connectivity index (χ0v) is 9.76. The molecule has 1 fully saturated rings. The normalized spacial score (nSPS) is 17.2. The molecule has 1 aliphatic rings. The highest BCUT2D eigenvalue weighted by Crippen LogP contribution is 2.25. The molecule has 2 rings (SSSR count). The third kappa shape index (κ3) is 2.34. The minimum absolute atomic E-state index is 0.0252. The molecule has 0 unspecified atom stereocenters. The summed E-state index contributed by atoms with van der Waals surface area (Å²) in [6.07, 6.45) is 6.37. The molecule has 0 N–H and O–H groups in total. The average molecular weight is 247 g/mol. The molecule has 15 heavy (non-hydrogen) atoms. The highest BCUT2D eigenvalue weighted by Gasteiger charge is 2.17. The Labute approximate surface area is 98.0 Å². The minimum atomic E-state index is -0.233. The third-order valence-electron chi connectivity index (χ3n) is 2.87. The molecule has 0 amide bonds. The lowest BCUT2D eigenvalue weighted by Crippen LogP contribution is -2.24. The van der Waals surface area contributed by atoms with Gasteiger partial charge < -0.3 is 0 Å². The van der Waals surface area contributed by atoms with Crippen molar-refractivity contribution in [1.29, 1.82) is 0 Å². The second-order valence-corrected chi connectivity index (χ2v) is 4.69. The summed E-state index contributed by atoms with van der Waals surface area (Å²) < 4.78 is 1.56. The molecule has 0 saturated heterocycles. The number of aromatic nitrogens is 2. The lowest BCUT2D eigenvalue weighted by Gasteiger charge is -2.11. The van der Waals surface area contributed by atoms with Crippen molar-refractivity contribution < 1.29 is 0 Å². The zero-order chi connectivity index (χ0) is 10.8. The van der Waals surface area contributed by atoms with E-state index >= 15 is 0 Å². The predicted octanol–water partition coefficient (Wildman–Crippen LogP) is 2.74. The van der Waals surface area contributed by atoms with E-state index in [1.807, 2.05) is 0 Å². The van der Waals surface area contributed by atoms with Crippen molar-refractivity contribution in [3.8, 4) is 0 Å². The minimum Gasteiger partial charge on any atom is -0.298 e. The van der Waals surface area contributed by atoms with Crippen LogP contribution in [0.2, 0.25) is 10.2 Å². The van der Waals surface area contributed by atoms with Gasteiger partial charge in [0.25, 0.3) is 5.56 Å². The van der Waals surface area contributed by atoms with Crippen LogP contribution in [0.1, 0.15) is 25.7 Å². The van der Waals surface area contributed by atoms with Gasteiger partial charge in [-0.05, 0) is 18.8 Å². The quantitative estimate of drug-likeness (QED) is 0.753. The smallest absolute Gasteiger partial charge is 0.273 e. The topological polar surface area (TPSA) is 34.9 Å². The Bertz CT molecular complexity index is 410. The maximum absolute atomic E-state index is 11.7. The number of rotatable bonds is 2. The molecule has 0 bridgehead atoms. The number of halogens is 2. The van der Waals surface area contributed by atoms with Crippen LogP contribution in [-0.2, 0) is 6.54 Å². The average Bonchev–Trinajstić information content (AvgIpc) is 2.72. The van der Waals surface area contributed by atoms with Crippen molar-refractivity contribution >= 4 is 23.2 Å². The molecule has 5 heteroatoms. The van der Waals surface area contributed by atoms with E-state index in [0.29, 0.717) is 12.5 Å². The van der Waals surface area contributed by atoms with Crippen molar-refractivity contribution in [3.05, 3.63) is 26.9 Å². The lowest BCUT2D eigenvalue weighted by molar-refractivity contribution is 0.445. The number of hydrogen-bond acceptors (Lipinski definition) is 2. The maximum Gasteiger partial charge on any atom is 0.273 e. The van der Waals surface area contributed by atoms with Crippen molar-refractivity contribution in [1.82, 2.24) is 9.55 Å². The Morgan fingerprint density at radius 2 is 2.07 bits per heavy atom. The van der Waals surface area contributed by atoms with Gasteiger partial charge in [-0.2, -0.15) is 0 Å². The van der Waals surface area contributed by atoms with Gasteiger partial charge in [-0.25, -0.2) is 4.98 Å². The predicted molar refractivity (Wildman–Crippen MR) is 60.5 cm³/mol. The van der Waals surface area contributed by atoms with Gasteiger partial charge >= 0.3 is 0 Å². The molecule has 1 aromatic rings. The Morgan fingerprint density at radius 3 is 2.73 bits per heavy atom. The Morgan fingerprint density at radius 1 is 1.40 bits per heavy atom. The fourth-order valence-electron chi connectivity index (χ4n) is 2.04. The molecule has 0 spiro atoms. The maximum atomic E-state index is 11.7. The summed E-state index contributed by atoms with van der Waals surface area (Å²) in [4.78, 5) is 15.6. The second kappa shape index (κ2) is 4.54. The van der Waals surface area contributed by atoms with E-state index in [1.165, 1.54) is 32.0 Å². The summed E-state index contributed by atoms with van der Waals surface area (Å²) in [7, 11) is 0. The van der Waals surface area contributed by atoms with Crippen LogP contribution in [0.5, 0.6) is 0 Å². The molecular weight excluding hydrogens is 235 g/mol. The van der Waals surface area contributed by atoms with Gasteiger partial charge in [0.15, 0.2) is 5.15 Å². The summed E-state index contributed by atoms with van der Waals surface area (Å²) in [5, 5.41) is 0.113. The second-order valence-electron chi connectivity index (χ2n) is 3.96. The summed E-state index contributed by atoms with van der Waals surface area (Å²) in [5.74, 6) is 0.585. The Kier molecular flexibility index (Phi) is 3.32. The molecule has 1 saturated carbocycles. The van der Waals surface area contributed by atoms with E-state index < -0.39 is 0 Å². The van der Waals surface area contributed by atoms with Crippen LogP contribution < -0.4 is 5.56 Å². The molecule has 82 valence electrons. The monoisotopic (exact) mass is 246 g/mol. The largest absolute Gasteiger partial charge is 0.298 e. The van der Waals surface area contributed by atoms with Crippen molar-refractivity contribution in [2.45, 2.75) is 32.2 Å². The molecule has 0 aromatic carbocycles. The molecule has 0 radical (unpaired) electrons. The highest BCUT2D eigenvalue weighted by molar-refractivity contribution is 6.40. The first-order valence-corrected chi connectivity index (χ1v) is 5.84. The molecule has 0 atom stereocenters. The summed E-state index contributed by atoms with van der Waals surface area (Å²) in [6.45, 7) is 0.711. The van der Waals surface area contributed by atoms with Crippen LogP contribution in [-0.4, -0.2) is 9.55 Å². The van der Waals surface area contributed by atoms with E-state index in [-0.39, 0.29) is 15.7 Å². The first kappa shape index (κ1) is 11.0. The van der Waals surface area contributed by atoms with E-state index in [0.717, 1.165) is 0 Å².